The fourth-order valence-corrected chi connectivity index (χ4v) is 3.43. The van der Waals surface area contributed by atoms with E-state index in [0.29, 0.717) is 6.04 Å². The third-order valence-electron chi connectivity index (χ3n) is 4.41. The van der Waals surface area contributed by atoms with Crippen molar-refractivity contribution in [2.45, 2.75) is 43.9 Å². The van der Waals surface area contributed by atoms with Crippen molar-refractivity contribution in [3.05, 3.63) is 29.8 Å². The second-order valence-electron chi connectivity index (χ2n) is 5.74. The van der Waals surface area contributed by atoms with E-state index in [0.717, 1.165) is 32.0 Å². The molecule has 2 aliphatic heterocycles. The molecule has 0 aromatic heterocycles. The highest BCUT2D eigenvalue weighted by Gasteiger charge is 2.35. The summed E-state index contributed by atoms with van der Waals surface area (Å²) in [5, 5.41) is 3.12. The summed E-state index contributed by atoms with van der Waals surface area (Å²) in [5.41, 5.74) is -0.342. The topological polar surface area (TPSA) is 15.3 Å². The molecule has 2 unspecified atom stereocenters. The molecule has 5 heteroatoms. The Balaban J connectivity index is 1.72. The van der Waals surface area contributed by atoms with E-state index in [-0.39, 0.29) is 11.7 Å². The molecule has 2 heterocycles. The summed E-state index contributed by atoms with van der Waals surface area (Å²) in [7, 11) is 0. The zero-order valence-corrected chi connectivity index (χ0v) is 11.3. The van der Waals surface area contributed by atoms with Crippen LogP contribution < -0.4 is 5.32 Å². The van der Waals surface area contributed by atoms with Crippen LogP contribution in [0.5, 0.6) is 0 Å². The molecule has 2 fully saturated rings. The highest BCUT2D eigenvalue weighted by molar-refractivity contribution is 5.53. The van der Waals surface area contributed by atoms with E-state index in [1.807, 2.05) is 0 Å². The van der Waals surface area contributed by atoms with Gasteiger partial charge in [-0.05, 0) is 44.4 Å². The number of nitrogens with one attached hydrogen (secondary N) is 1. The minimum atomic E-state index is -4.29. The maximum Gasteiger partial charge on any atom is 0.418 e. The Kier molecular flexibility index (Phi) is 3.63. The lowest BCUT2D eigenvalue weighted by Gasteiger charge is -2.36. The van der Waals surface area contributed by atoms with Gasteiger partial charge in [-0.25, -0.2) is 0 Å². The monoisotopic (exact) mass is 284 g/mol. The van der Waals surface area contributed by atoms with E-state index in [4.69, 9.17) is 0 Å². The number of alkyl halides is 3. The Hall–Kier alpha value is -1.23. The van der Waals surface area contributed by atoms with E-state index in [1.54, 1.807) is 6.07 Å². The number of piperidine rings is 1. The minimum absolute atomic E-state index is 0.151. The molecule has 0 radical (unpaired) electrons. The Morgan fingerprint density at radius 3 is 2.70 bits per heavy atom. The van der Waals surface area contributed by atoms with Gasteiger partial charge in [0.15, 0.2) is 0 Å². The van der Waals surface area contributed by atoms with Gasteiger partial charge in [-0.1, -0.05) is 12.1 Å². The normalized spacial score (nSPS) is 27.4. The van der Waals surface area contributed by atoms with Gasteiger partial charge < -0.3 is 10.2 Å². The molecule has 0 aliphatic carbocycles. The fourth-order valence-electron chi connectivity index (χ4n) is 3.43. The third kappa shape index (κ3) is 2.77. The zero-order valence-electron chi connectivity index (χ0n) is 11.3. The van der Waals surface area contributed by atoms with Crippen LogP contribution in [0.3, 0.4) is 0 Å². The van der Waals surface area contributed by atoms with Crippen molar-refractivity contribution in [2.24, 2.45) is 0 Å². The zero-order chi connectivity index (χ0) is 14.2. The van der Waals surface area contributed by atoms with E-state index in [9.17, 15) is 13.2 Å². The first-order valence-corrected chi connectivity index (χ1v) is 7.21. The molecule has 20 heavy (non-hydrogen) atoms. The molecule has 0 amide bonds. The number of halogens is 3. The quantitative estimate of drug-likeness (QED) is 0.890. The third-order valence-corrected chi connectivity index (χ3v) is 4.41. The molecular formula is C15H19F3N2. The van der Waals surface area contributed by atoms with Crippen molar-refractivity contribution >= 4 is 5.69 Å². The van der Waals surface area contributed by atoms with Gasteiger partial charge in [0, 0.05) is 24.3 Å². The summed E-state index contributed by atoms with van der Waals surface area (Å²) in [6, 6.07) is 6.48. The van der Waals surface area contributed by atoms with Crippen molar-refractivity contribution in [3.8, 4) is 0 Å². The maximum absolute atomic E-state index is 13.0. The minimum Gasteiger partial charge on any atom is -0.382 e. The van der Waals surface area contributed by atoms with Crippen LogP contribution >= 0.6 is 0 Å². The number of benzene rings is 1. The largest absolute Gasteiger partial charge is 0.418 e. The first-order valence-electron chi connectivity index (χ1n) is 7.21. The van der Waals surface area contributed by atoms with Gasteiger partial charge in [0.2, 0.25) is 0 Å². The van der Waals surface area contributed by atoms with Gasteiger partial charge in [0.05, 0.1) is 5.56 Å². The molecular weight excluding hydrogens is 265 g/mol. The van der Waals surface area contributed by atoms with Crippen LogP contribution in [-0.2, 0) is 6.18 Å². The summed E-state index contributed by atoms with van der Waals surface area (Å²) in [6.07, 6.45) is -0.0256. The lowest BCUT2D eigenvalue weighted by atomic mass is 9.97. The second-order valence-corrected chi connectivity index (χ2v) is 5.74. The van der Waals surface area contributed by atoms with Crippen LogP contribution in [0.25, 0.3) is 0 Å². The summed E-state index contributed by atoms with van der Waals surface area (Å²) < 4.78 is 38.9. The molecule has 1 aromatic rings. The molecule has 2 saturated heterocycles. The smallest absolute Gasteiger partial charge is 0.382 e. The maximum atomic E-state index is 13.0. The van der Waals surface area contributed by atoms with Gasteiger partial charge in [0.1, 0.15) is 0 Å². The first kappa shape index (κ1) is 13.7. The summed E-state index contributed by atoms with van der Waals surface area (Å²) in [6.45, 7) is 2.15. The molecule has 1 aromatic carbocycles. The van der Waals surface area contributed by atoms with E-state index in [2.05, 4.69) is 10.2 Å². The number of anilines is 1. The van der Waals surface area contributed by atoms with Crippen molar-refractivity contribution in [3.63, 3.8) is 0 Å². The molecule has 1 N–H and O–H groups in total. The van der Waals surface area contributed by atoms with Gasteiger partial charge >= 0.3 is 6.18 Å². The van der Waals surface area contributed by atoms with E-state index < -0.39 is 11.7 Å². The summed E-state index contributed by atoms with van der Waals surface area (Å²) >= 11 is 0. The van der Waals surface area contributed by atoms with Gasteiger partial charge in [-0.15, -0.1) is 0 Å². The number of fused-ring (bicyclic) bond motifs is 1. The molecule has 0 bridgehead atoms. The summed E-state index contributed by atoms with van der Waals surface area (Å²) in [4.78, 5) is 2.47. The van der Waals surface area contributed by atoms with Gasteiger partial charge in [0.25, 0.3) is 0 Å². The number of nitrogens with zero attached hydrogens (tertiary/aromatic N) is 1. The van der Waals surface area contributed by atoms with Crippen LogP contribution in [0, 0.1) is 0 Å². The SMILES string of the molecule is FC(F)(F)c1ccccc1NC1CCN2CCCC2C1. The highest BCUT2D eigenvalue weighted by atomic mass is 19.4. The van der Waals surface area contributed by atoms with Crippen LogP contribution in [0.1, 0.15) is 31.2 Å². The average molecular weight is 284 g/mol. The molecule has 2 atom stereocenters. The number of rotatable bonds is 2. The predicted octanol–water partition coefficient (Wildman–Crippen LogP) is 3.74. The van der Waals surface area contributed by atoms with Crippen LogP contribution in [0.2, 0.25) is 0 Å². The summed E-state index contributed by atoms with van der Waals surface area (Å²) in [5.74, 6) is 0. The first-order chi connectivity index (χ1) is 9.54. The molecule has 3 rings (SSSR count). The van der Waals surface area contributed by atoms with Crippen molar-refractivity contribution in [1.82, 2.24) is 4.90 Å². The van der Waals surface area contributed by atoms with Gasteiger partial charge in [-0.2, -0.15) is 13.2 Å². The standard InChI is InChI=1S/C15H19F3N2/c16-15(17,18)13-5-1-2-6-14(13)19-11-7-9-20-8-3-4-12(20)10-11/h1-2,5-6,11-12,19H,3-4,7-10H2. The number of para-hydroxylation sites is 1. The molecule has 110 valence electrons. The van der Waals surface area contributed by atoms with E-state index >= 15 is 0 Å². The highest BCUT2D eigenvalue weighted by Crippen LogP contribution is 2.36. The van der Waals surface area contributed by atoms with E-state index in [1.165, 1.54) is 25.0 Å². The average Bonchev–Trinajstić information content (AvgIpc) is 2.85. The molecule has 2 nitrogen and oxygen atoms in total. The molecule has 0 saturated carbocycles. The van der Waals surface area contributed by atoms with Crippen molar-refractivity contribution in [2.75, 3.05) is 18.4 Å². The van der Waals surface area contributed by atoms with Crippen molar-refractivity contribution < 1.29 is 13.2 Å². The van der Waals surface area contributed by atoms with Crippen molar-refractivity contribution in [1.29, 1.82) is 0 Å². The molecule has 0 spiro atoms. The molecule has 2 aliphatic rings. The van der Waals surface area contributed by atoms with Crippen LogP contribution in [-0.4, -0.2) is 30.1 Å². The fraction of sp³-hybridized carbons (Fsp3) is 0.600. The van der Waals surface area contributed by atoms with Crippen LogP contribution in [0.4, 0.5) is 18.9 Å². The Labute approximate surface area is 117 Å². The Morgan fingerprint density at radius 2 is 1.90 bits per heavy atom. The Morgan fingerprint density at radius 1 is 1.10 bits per heavy atom. The van der Waals surface area contributed by atoms with Gasteiger partial charge in [-0.3, -0.25) is 0 Å². The lowest BCUT2D eigenvalue weighted by Crippen LogP contribution is -2.42. The second kappa shape index (κ2) is 5.28. The lowest BCUT2D eigenvalue weighted by molar-refractivity contribution is -0.137. The number of hydrogen-bond donors (Lipinski definition) is 1. The van der Waals surface area contributed by atoms with Crippen LogP contribution in [0.15, 0.2) is 24.3 Å². The predicted molar refractivity (Wildman–Crippen MR) is 72.7 cm³/mol. The number of hydrogen-bond acceptors (Lipinski definition) is 2. The Bertz CT molecular complexity index is 472.